The Balaban J connectivity index is 2.48. The van der Waals surface area contributed by atoms with Crippen LogP contribution in [0.5, 0.6) is 0 Å². The Kier molecular flexibility index (Phi) is 5.29. The molecule has 0 aliphatic rings. The monoisotopic (exact) mass is 267 g/mol. The quantitative estimate of drug-likeness (QED) is 0.697. The number of rotatable bonds is 5. The van der Waals surface area contributed by atoms with Gasteiger partial charge >= 0.3 is 0 Å². The SMILES string of the molecule is CC(C)NC(=O)CCNC(=O)c1cc(N)ccc1F. The summed E-state index contributed by atoms with van der Waals surface area (Å²) in [6, 6.07) is 3.83. The van der Waals surface area contributed by atoms with Gasteiger partial charge in [0.05, 0.1) is 5.56 Å². The number of amides is 2. The molecule has 0 atom stereocenters. The van der Waals surface area contributed by atoms with Crippen LogP contribution in [-0.2, 0) is 4.79 Å². The summed E-state index contributed by atoms with van der Waals surface area (Å²) in [4.78, 5) is 23.0. The summed E-state index contributed by atoms with van der Waals surface area (Å²) in [6.07, 6.45) is 0.147. The van der Waals surface area contributed by atoms with Crippen molar-refractivity contribution < 1.29 is 14.0 Å². The van der Waals surface area contributed by atoms with E-state index < -0.39 is 11.7 Å². The first-order chi connectivity index (χ1) is 8.90. The molecule has 0 bridgehead atoms. The Bertz CT molecular complexity index is 475. The van der Waals surface area contributed by atoms with Gasteiger partial charge in [-0.3, -0.25) is 9.59 Å². The first kappa shape index (κ1) is 14.9. The Morgan fingerprint density at radius 1 is 1.37 bits per heavy atom. The number of nitrogens with one attached hydrogen (secondary N) is 2. The molecule has 0 fully saturated rings. The van der Waals surface area contributed by atoms with Gasteiger partial charge in [-0.25, -0.2) is 4.39 Å². The molecule has 1 aromatic rings. The summed E-state index contributed by atoms with van der Waals surface area (Å²) in [5, 5.41) is 5.17. The average Bonchev–Trinajstić information content (AvgIpc) is 2.31. The van der Waals surface area contributed by atoms with Crippen LogP contribution in [0.15, 0.2) is 18.2 Å². The fourth-order valence-corrected chi connectivity index (χ4v) is 1.50. The van der Waals surface area contributed by atoms with Crippen molar-refractivity contribution in [2.45, 2.75) is 26.3 Å². The number of nitrogen functional groups attached to an aromatic ring is 1. The Labute approximate surface area is 111 Å². The van der Waals surface area contributed by atoms with Gasteiger partial charge in [-0.2, -0.15) is 0 Å². The lowest BCUT2D eigenvalue weighted by Gasteiger charge is -2.09. The number of benzene rings is 1. The molecule has 19 heavy (non-hydrogen) atoms. The lowest BCUT2D eigenvalue weighted by Crippen LogP contribution is -2.34. The second-order valence-corrected chi connectivity index (χ2v) is 4.47. The molecule has 2 amide bonds. The topological polar surface area (TPSA) is 84.2 Å². The van der Waals surface area contributed by atoms with Crippen molar-refractivity contribution in [3.8, 4) is 0 Å². The maximum Gasteiger partial charge on any atom is 0.254 e. The van der Waals surface area contributed by atoms with E-state index in [1.807, 2.05) is 13.8 Å². The maximum absolute atomic E-state index is 13.4. The van der Waals surface area contributed by atoms with Crippen molar-refractivity contribution in [2.75, 3.05) is 12.3 Å². The van der Waals surface area contributed by atoms with E-state index >= 15 is 0 Å². The number of nitrogens with two attached hydrogens (primary N) is 1. The first-order valence-electron chi connectivity index (χ1n) is 6.02. The predicted octanol–water partition coefficient (Wildman–Crippen LogP) is 1.05. The van der Waals surface area contributed by atoms with Gasteiger partial charge < -0.3 is 16.4 Å². The third-order valence-corrected chi connectivity index (χ3v) is 2.32. The Morgan fingerprint density at radius 3 is 2.68 bits per heavy atom. The summed E-state index contributed by atoms with van der Waals surface area (Å²) < 4.78 is 13.4. The van der Waals surface area contributed by atoms with Crippen molar-refractivity contribution in [3.05, 3.63) is 29.6 Å². The van der Waals surface area contributed by atoms with Crippen molar-refractivity contribution in [1.29, 1.82) is 0 Å². The predicted molar refractivity (Wildman–Crippen MR) is 71.0 cm³/mol. The number of carbonyl (C=O) groups is 2. The molecule has 0 spiro atoms. The molecule has 0 saturated carbocycles. The summed E-state index contributed by atoms with van der Waals surface area (Å²) >= 11 is 0. The number of anilines is 1. The van der Waals surface area contributed by atoms with E-state index in [0.717, 1.165) is 6.07 Å². The molecule has 6 heteroatoms. The minimum absolute atomic E-state index is 0.0505. The summed E-state index contributed by atoms with van der Waals surface area (Å²) in [7, 11) is 0. The third-order valence-electron chi connectivity index (χ3n) is 2.32. The average molecular weight is 267 g/mol. The van der Waals surface area contributed by atoms with E-state index in [2.05, 4.69) is 10.6 Å². The number of hydrogen-bond donors (Lipinski definition) is 3. The molecule has 0 unspecified atom stereocenters. The summed E-state index contributed by atoms with van der Waals surface area (Å²) in [5.74, 6) is -1.39. The smallest absolute Gasteiger partial charge is 0.254 e. The molecule has 104 valence electrons. The van der Waals surface area contributed by atoms with Crippen LogP contribution in [0.4, 0.5) is 10.1 Å². The zero-order valence-electron chi connectivity index (χ0n) is 11.0. The molecule has 0 aromatic heterocycles. The zero-order chi connectivity index (χ0) is 14.4. The molecule has 0 aliphatic heterocycles. The zero-order valence-corrected chi connectivity index (χ0v) is 11.0. The molecule has 0 saturated heterocycles. The fraction of sp³-hybridized carbons (Fsp3) is 0.385. The molecule has 1 rings (SSSR count). The maximum atomic E-state index is 13.4. The van der Waals surface area contributed by atoms with Crippen LogP contribution in [0, 0.1) is 5.82 Å². The lowest BCUT2D eigenvalue weighted by atomic mass is 10.1. The summed E-state index contributed by atoms with van der Waals surface area (Å²) in [5.41, 5.74) is 5.67. The first-order valence-corrected chi connectivity index (χ1v) is 6.02. The molecule has 0 radical (unpaired) electrons. The van der Waals surface area contributed by atoms with Gasteiger partial charge in [0.2, 0.25) is 5.91 Å². The van der Waals surface area contributed by atoms with Gasteiger partial charge in [0.15, 0.2) is 0 Å². The van der Waals surface area contributed by atoms with E-state index in [0.29, 0.717) is 5.69 Å². The largest absolute Gasteiger partial charge is 0.399 e. The fourth-order valence-electron chi connectivity index (χ4n) is 1.50. The molecule has 0 heterocycles. The molecule has 5 nitrogen and oxygen atoms in total. The van der Waals surface area contributed by atoms with E-state index in [1.54, 1.807) is 0 Å². The van der Waals surface area contributed by atoms with Crippen molar-refractivity contribution in [1.82, 2.24) is 10.6 Å². The molecule has 0 aliphatic carbocycles. The Morgan fingerprint density at radius 2 is 2.05 bits per heavy atom. The van der Waals surface area contributed by atoms with Crippen LogP contribution in [0.1, 0.15) is 30.6 Å². The molecular weight excluding hydrogens is 249 g/mol. The van der Waals surface area contributed by atoms with E-state index in [1.165, 1.54) is 12.1 Å². The molecule has 1 aromatic carbocycles. The van der Waals surface area contributed by atoms with Crippen LogP contribution in [0.2, 0.25) is 0 Å². The highest BCUT2D eigenvalue weighted by atomic mass is 19.1. The third kappa shape index (κ3) is 4.95. The van der Waals surface area contributed by atoms with Gasteiger partial charge in [-0.1, -0.05) is 0 Å². The summed E-state index contributed by atoms with van der Waals surface area (Å²) in [6.45, 7) is 3.84. The second-order valence-electron chi connectivity index (χ2n) is 4.47. The van der Waals surface area contributed by atoms with E-state index in [9.17, 15) is 14.0 Å². The molecular formula is C13H18FN3O2. The van der Waals surface area contributed by atoms with Crippen molar-refractivity contribution >= 4 is 17.5 Å². The minimum atomic E-state index is -0.640. The molecule has 4 N–H and O–H groups in total. The highest BCUT2D eigenvalue weighted by Gasteiger charge is 2.12. The minimum Gasteiger partial charge on any atom is -0.399 e. The van der Waals surface area contributed by atoms with Crippen LogP contribution in [0.25, 0.3) is 0 Å². The van der Waals surface area contributed by atoms with Gasteiger partial charge in [0, 0.05) is 24.7 Å². The van der Waals surface area contributed by atoms with Crippen LogP contribution in [0.3, 0.4) is 0 Å². The van der Waals surface area contributed by atoms with E-state index in [4.69, 9.17) is 5.73 Å². The highest BCUT2D eigenvalue weighted by Crippen LogP contribution is 2.11. The number of carbonyl (C=O) groups excluding carboxylic acids is 2. The number of halogens is 1. The van der Waals surface area contributed by atoms with Crippen molar-refractivity contribution in [3.63, 3.8) is 0 Å². The van der Waals surface area contributed by atoms with Crippen LogP contribution >= 0.6 is 0 Å². The van der Waals surface area contributed by atoms with Crippen molar-refractivity contribution in [2.24, 2.45) is 0 Å². The van der Waals surface area contributed by atoms with E-state index in [-0.39, 0.29) is 30.5 Å². The standard InChI is InChI=1S/C13H18FN3O2/c1-8(2)17-12(18)5-6-16-13(19)10-7-9(15)3-4-11(10)14/h3-4,7-8H,5-6,15H2,1-2H3,(H,16,19)(H,17,18). The lowest BCUT2D eigenvalue weighted by molar-refractivity contribution is -0.121. The van der Waals surface area contributed by atoms with Gasteiger partial charge in [-0.15, -0.1) is 0 Å². The highest BCUT2D eigenvalue weighted by molar-refractivity contribution is 5.95. The van der Waals surface area contributed by atoms with Gasteiger partial charge in [0.25, 0.3) is 5.91 Å². The van der Waals surface area contributed by atoms with Crippen LogP contribution in [-0.4, -0.2) is 24.4 Å². The van der Waals surface area contributed by atoms with Gasteiger partial charge in [-0.05, 0) is 32.0 Å². The van der Waals surface area contributed by atoms with Gasteiger partial charge in [0.1, 0.15) is 5.82 Å². The normalized spacial score (nSPS) is 10.3. The second kappa shape index (κ2) is 6.72. The van der Waals surface area contributed by atoms with Crippen LogP contribution < -0.4 is 16.4 Å². The number of hydrogen-bond acceptors (Lipinski definition) is 3. The Hall–Kier alpha value is -2.11.